The van der Waals surface area contributed by atoms with Crippen LogP contribution in [0.2, 0.25) is 4.34 Å². The Kier molecular flexibility index (Phi) is 6.83. The van der Waals surface area contributed by atoms with Crippen LogP contribution in [0.1, 0.15) is 48.7 Å². The normalized spacial score (nSPS) is 19.3. The summed E-state index contributed by atoms with van der Waals surface area (Å²) in [6.07, 6.45) is 2.48. The van der Waals surface area contributed by atoms with E-state index in [1.165, 1.54) is 11.3 Å². The lowest BCUT2D eigenvalue weighted by Crippen LogP contribution is -2.41. The highest BCUT2D eigenvalue weighted by Gasteiger charge is 2.34. The minimum absolute atomic E-state index is 0.0386. The third-order valence-corrected chi connectivity index (χ3v) is 7.16. The van der Waals surface area contributed by atoms with Gasteiger partial charge in [0.15, 0.2) is 15.6 Å². The summed E-state index contributed by atoms with van der Waals surface area (Å²) in [5.74, 6) is -0.0618. The van der Waals surface area contributed by atoms with E-state index in [1.54, 1.807) is 17.0 Å². The van der Waals surface area contributed by atoms with Crippen LogP contribution >= 0.6 is 22.9 Å². The van der Waals surface area contributed by atoms with E-state index in [2.05, 4.69) is 0 Å². The smallest absolute Gasteiger partial charge is 0.223 e. The molecule has 5 nitrogen and oxygen atoms in total. The number of hydrogen-bond acceptors (Lipinski definition) is 5. The van der Waals surface area contributed by atoms with Crippen molar-refractivity contribution in [3.8, 4) is 0 Å². The zero-order valence-electron chi connectivity index (χ0n) is 13.7. The zero-order valence-corrected chi connectivity index (χ0v) is 16.1. The van der Waals surface area contributed by atoms with Gasteiger partial charge in [-0.1, -0.05) is 24.9 Å². The molecule has 1 aromatic rings. The minimum Gasteiger partial charge on any atom is -0.339 e. The molecule has 1 saturated heterocycles. The molecule has 1 fully saturated rings. The molecule has 0 bridgehead atoms. The Morgan fingerprint density at radius 3 is 2.62 bits per heavy atom. The largest absolute Gasteiger partial charge is 0.339 e. The number of halogens is 1. The van der Waals surface area contributed by atoms with Crippen molar-refractivity contribution in [1.82, 2.24) is 4.90 Å². The highest BCUT2D eigenvalue weighted by molar-refractivity contribution is 7.91. The molecule has 1 aliphatic heterocycles. The predicted molar refractivity (Wildman–Crippen MR) is 96.6 cm³/mol. The molecule has 0 spiro atoms. The number of Topliss-reactive ketones (excluding diaryl/α,β-unsaturated/α-hetero) is 1. The van der Waals surface area contributed by atoms with Gasteiger partial charge in [-0.15, -0.1) is 11.3 Å². The minimum atomic E-state index is -3.04. The van der Waals surface area contributed by atoms with Crippen molar-refractivity contribution in [2.75, 3.05) is 18.1 Å². The van der Waals surface area contributed by atoms with Gasteiger partial charge in [-0.3, -0.25) is 9.59 Å². The van der Waals surface area contributed by atoms with Crippen LogP contribution in [0.3, 0.4) is 0 Å². The summed E-state index contributed by atoms with van der Waals surface area (Å²) in [5.41, 5.74) is 0. The second-order valence-corrected chi connectivity index (χ2v) is 9.97. The third kappa shape index (κ3) is 5.29. The monoisotopic (exact) mass is 391 g/mol. The predicted octanol–water partition coefficient (Wildman–Crippen LogP) is 3.18. The Morgan fingerprint density at radius 2 is 2.08 bits per heavy atom. The van der Waals surface area contributed by atoms with Crippen molar-refractivity contribution >= 4 is 44.5 Å². The van der Waals surface area contributed by atoms with Gasteiger partial charge in [-0.25, -0.2) is 8.42 Å². The lowest BCUT2D eigenvalue weighted by atomic mass is 10.1. The van der Waals surface area contributed by atoms with Gasteiger partial charge in [0, 0.05) is 25.4 Å². The van der Waals surface area contributed by atoms with Crippen LogP contribution < -0.4 is 0 Å². The molecule has 1 amide bonds. The molecule has 134 valence electrons. The first-order valence-electron chi connectivity index (χ1n) is 8.11. The molecule has 1 aliphatic rings. The van der Waals surface area contributed by atoms with Crippen LogP contribution in [0.4, 0.5) is 0 Å². The van der Waals surface area contributed by atoms with Crippen molar-refractivity contribution in [2.24, 2.45) is 0 Å². The molecule has 0 saturated carbocycles. The first-order valence-corrected chi connectivity index (χ1v) is 11.1. The molecule has 0 N–H and O–H groups in total. The lowest BCUT2D eigenvalue weighted by molar-refractivity contribution is -0.133. The first-order chi connectivity index (χ1) is 11.3. The van der Waals surface area contributed by atoms with Crippen LogP contribution in [-0.4, -0.2) is 49.1 Å². The van der Waals surface area contributed by atoms with E-state index >= 15 is 0 Å². The highest BCUT2D eigenvalue weighted by Crippen LogP contribution is 2.24. The van der Waals surface area contributed by atoms with Crippen molar-refractivity contribution in [3.05, 3.63) is 21.3 Å². The fourth-order valence-electron chi connectivity index (χ4n) is 2.81. The van der Waals surface area contributed by atoms with Crippen molar-refractivity contribution in [2.45, 2.75) is 45.1 Å². The van der Waals surface area contributed by atoms with Crippen LogP contribution in [0, 0.1) is 0 Å². The average Bonchev–Trinajstić information content (AvgIpc) is 3.11. The van der Waals surface area contributed by atoms with Gasteiger partial charge in [0.1, 0.15) is 0 Å². The average molecular weight is 392 g/mol. The molecule has 0 radical (unpaired) electrons. The molecule has 24 heavy (non-hydrogen) atoms. The third-order valence-electron chi connectivity index (χ3n) is 4.14. The van der Waals surface area contributed by atoms with Gasteiger partial charge >= 0.3 is 0 Å². The Labute approximate surface area is 151 Å². The number of carbonyl (C=O) groups excluding carboxylic acids is 2. The summed E-state index contributed by atoms with van der Waals surface area (Å²) in [6.45, 7) is 2.58. The van der Waals surface area contributed by atoms with Gasteiger partial charge in [0.25, 0.3) is 0 Å². The number of sulfone groups is 1. The van der Waals surface area contributed by atoms with Gasteiger partial charge < -0.3 is 4.90 Å². The quantitative estimate of drug-likeness (QED) is 0.638. The van der Waals surface area contributed by atoms with E-state index in [4.69, 9.17) is 11.6 Å². The Bertz CT molecular complexity index is 699. The number of rotatable bonds is 8. The summed E-state index contributed by atoms with van der Waals surface area (Å²) in [6, 6.07) is 3.08. The molecule has 0 aliphatic carbocycles. The van der Waals surface area contributed by atoms with Crippen LogP contribution in [0.5, 0.6) is 0 Å². The van der Waals surface area contributed by atoms with Crippen molar-refractivity contribution < 1.29 is 18.0 Å². The molecular weight excluding hydrogens is 370 g/mol. The number of amides is 1. The molecular formula is C16H22ClNO4S2. The number of nitrogens with zero attached hydrogens (tertiary/aromatic N) is 1. The maximum atomic E-state index is 12.5. The molecule has 0 aromatic carbocycles. The Morgan fingerprint density at radius 1 is 1.33 bits per heavy atom. The number of hydrogen-bond donors (Lipinski definition) is 0. The fraction of sp³-hybridized carbons (Fsp3) is 0.625. The SMILES string of the molecule is CCCCN(C(=O)CCC(=O)c1ccc(Cl)s1)C1CCS(=O)(=O)C1. The van der Waals surface area contributed by atoms with Crippen LogP contribution in [0.25, 0.3) is 0 Å². The van der Waals surface area contributed by atoms with E-state index < -0.39 is 9.84 Å². The maximum absolute atomic E-state index is 12.5. The standard InChI is InChI=1S/C16H22ClNO4S2/c1-2-3-9-18(12-8-10-24(21,22)11-12)16(20)7-4-13(19)14-5-6-15(17)23-14/h5-6,12H,2-4,7-11H2,1H3. The number of ketones is 1. The molecule has 2 rings (SSSR count). The van der Waals surface area contributed by atoms with Gasteiger partial charge in [-0.2, -0.15) is 0 Å². The van der Waals surface area contributed by atoms with Crippen molar-refractivity contribution in [3.63, 3.8) is 0 Å². The first kappa shape index (κ1) is 19.4. The van der Waals surface area contributed by atoms with E-state index in [0.29, 0.717) is 22.2 Å². The number of thiophene rings is 1. The highest BCUT2D eigenvalue weighted by atomic mass is 35.5. The maximum Gasteiger partial charge on any atom is 0.223 e. The van der Waals surface area contributed by atoms with Crippen LogP contribution in [0.15, 0.2) is 12.1 Å². The van der Waals surface area contributed by atoms with E-state index in [-0.39, 0.29) is 42.1 Å². The molecule has 1 aromatic heterocycles. The zero-order chi connectivity index (χ0) is 17.7. The summed E-state index contributed by atoms with van der Waals surface area (Å²) >= 11 is 7.03. The Hall–Kier alpha value is -0.920. The summed E-state index contributed by atoms with van der Waals surface area (Å²) in [5, 5.41) is 0. The molecule has 1 unspecified atom stereocenters. The Balaban J connectivity index is 1.96. The second kappa shape index (κ2) is 8.45. The van der Waals surface area contributed by atoms with Crippen LogP contribution in [-0.2, 0) is 14.6 Å². The summed E-state index contributed by atoms with van der Waals surface area (Å²) in [7, 11) is -3.04. The van der Waals surface area contributed by atoms with Gasteiger partial charge in [0.2, 0.25) is 5.91 Å². The molecule has 1 atom stereocenters. The van der Waals surface area contributed by atoms with Gasteiger partial charge in [-0.05, 0) is 25.0 Å². The molecule has 8 heteroatoms. The van der Waals surface area contributed by atoms with E-state index in [0.717, 1.165) is 12.8 Å². The lowest BCUT2D eigenvalue weighted by Gasteiger charge is -2.28. The van der Waals surface area contributed by atoms with E-state index in [1.807, 2.05) is 6.92 Å². The topological polar surface area (TPSA) is 71.5 Å². The molecule has 2 heterocycles. The van der Waals surface area contributed by atoms with Gasteiger partial charge in [0.05, 0.1) is 20.7 Å². The van der Waals surface area contributed by atoms with Crippen molar-refractivity contribution in [1.29, 1.82) is 0 Å². The second-order valence-electron chi connectivity index (χ2n) is 6.02. The number of carbonyl (C=O) groups is 2. The van der Waals surface area contributed by atoms with E-state index in [9.17, 15) is 18.0 Å². The number of unbranched alkanes of at least 4 members (excludes halogenated alkanes) is 1. The summed E-state index contributed by atoms with van der Waals surface area (Å²) < 4.78 is 23.9. The fourth-order valence-corrected chi connectivity index (χ4v) is 5.55. The summed E-state index contributed by atoms with van der Waals surface area (Å²) in [4.78, 5) is 26.9.